The minimum Gasteiger partial charge on any atom is -0.383 e. The number of hydrogen-bond donors (Lipinski definition) is 2. The molecular weight excluding hydrogens is 288 g/mol. The molecule has 4 nitrogen and oxygen atoms in total. The van der Waals surface area contributed by atoms with E-state index in [0.29, 0.717) is 5.82 Å². The van der Waals surface area contributed by atoms with Gasteiger partial charge in [0.1, 0.15) is 10.8 Å². The van der Waals surface area contributed by atoms with E-state index < -0.39 is 0 Å². The Morgan fingerprint density at radius 1 is 1.12 bits per heavy atom. The molecule has 0 amide bonds. The van der Waals surface area contributed by atoms with Crippen LogP contribution in [0.5, 0.6) is 0 Å². The molecule has 0 unspecified atom stereocenters. The quantitative estimate of drug-likeness (QED) is 0.833. The zero-order valence-electron chi connectivity index (χ0n) is 8.22. The Kier molecular flexibility index (Phi) is 3.31. The molecule has 0 bridgehead atoms. The monoisotopic (exact) mass is 296 g/mol. The van der Waals surface area contributed by atoms with Gasteiger partial charge in [0.15, 0.2) is 0 Å². The topological polar surface area (TPSA) is 77.8 Å². The van der Waals surface area contributed by atoms with Gasteiger partial charge in [-0.1, -0.05) is 23.9 Å². The third-order valence-electron chi connectivity index (χ3n) is 1.79. The van der Waals surface area contributed by atoms with Crippen molar-refractivity contribution in [1.29, 1.82) is 0 Å². The lowest BCUT2D eigenvalue weighted by Crippen LogP contribution is -1.99. The molecule has 1 aromatic carbocycles. The number of benzene rings is 1. The van der Waals surface area contributed by atoms with Crippen molar-refractivity contribution in [2.24, 2.45) is 0 Å². The summed E-state index contributed by atoms with van der Waals surface area (Å²) in [4.78, 5) is 8.97. The fourth-order valence-corrected chi connectivity index (χ4v) is 2.54. The van der Waals surface area contributed by atoms with Crippen molar-refractivity contribution in [3.8, 4) is 0 Å². The van der Waals surface area contributed by atoms with Crippen molar-refractivity contribution >= 4 is 39.5 Å². The van der Waals surface area contributed by atoms with Crippen molar-refractivity contribution in [3.63, 3.8) is 0 Å². The van der Waals surface area contributed by atoms with Crippen LogP contribution in [0.15, 0.2) is 44.7 Å². The van der Waals surface area contributed by atoms with Crippen LogP contribution in [-0.4, -0.2) is 9.97 Å². The van der Waals surface area contributed by atoms with Gasteiger partial charge in [-0.15, -0.1) is 0 Å². The number of hydrogen-bond acceptors (Lipinski definition) is 5. The summed E-state index contributed by atoms with van der Waals surface area (Å²) in [5.74, 6) is 0.566. The number of aromatic nitrogens is 2. The van der Waals surface area contributed by atoms with E-state index in [9.17, 15) is 0 Å². The summed E-state index contributed by atoms with van der Waals surface area (Å²) >= 11 is 4.95. The highest BCUT2D eigenvalue weighted by molar-refractivity contribution is 9.10. The van der Waals surface area contributed by atoms with Crippen molar-refractivity contribution in [2.75, 3.05) is 11.5 Å². The summed E-state index contributed by atoms with van der Waals surface area (Å²) in [7, 11) is 0. The van der Waals surface area contributed by atoms with Crippen LogP contribution in [0.3, 0.4) is 0 Å². The van der Waals surface area contributed by atoms with Crippen LogP contribution in [0.25, 0.3) is 0 Å². The van der Waals surface area contributed by atoms with Gasteiger partial charge in [-0.2, -0.15) is 4.98 Å². The van der Waals surface area contributed by atoms with Gasteiger partial charge in [-0.3, -0.25) is 0 Å². The second-order valence-electron chi connectivity index (χ2n) is 3.02. The predicted molar refractivity (Wildman–Crippen MR) is 69.1 cm³/mol. The Balaban J connectivity index is 2.30. The van der Waals surface area contributed by atoms with E-state index in [1.807, 2.05) is 24.3 Å². The first-order chi connectivity index (χ1) is 7.65. The van der Waals surface area contributed by atoms with Gasteiger partial charge in [0, 0.05) is 15.4 Å². The van der Waals surface area contributed by atoms with Gasteiger partial charge in [0.05, 0.1) is 0 Å². The Labute approximate surface area is 106 Å². The molecule has 16 heavy (non-hydrogen) atoms. The van der Waals surface area contributed by atoms with Crippen LogP contribution in [0.2, 0.25) is 0 Å². The first kappa shape index (κ1) is 11.2. The maximum Gasteiger partial charge on any atom is 0.223 e. The Bertz CT molecular complexity index is 498. The Hall–Kier alpha value is -1.27. The van der Waals surface area contributed by atoms with Crippen LogP contribution in [-0.2, 0) is 0 Å². The lowest BCUT2D eigenvalue weighted by atomic mass is 10.4. The van der Waals surface area contributed by atoms with E-state index in [2.05, 4.69) is 25.9 Å². The van der Waals surface area contributed by atoms with Crippen molar-refractivity contribution in [1.82, 2.24) is 9.97 Å². The van der Waals surface area contributed by atoms with E-state index in [1.165, 1.54) is 11.8 Å². The SMILES string of the molecule is Nc1cc(Sc2ccccc2Br)nc(N)n1. The number of nitrogens with zero attached hydrogens (tertiary/aromatic N) is 2. The zero-order chi connectivity index (χ0) is 11.5. The highest BCUT2D eigenvalue weighted by Gasteiger charge is 2.04. The maximum absolute atomic E-state index is 5.59. The largest absolute Gasteiger partial charge is 0.383 e. The van der Waals surface area contributed by atoms with Crippen molar-refractivity contribution in [2.45, 2.75) is 9.92 Å². The number of anilines is 2. The smallest absolute Gasteiger partial charge is 0.223 e. The van der Waals surface area contributed by atoms with Crippen LogP contribution in [0.1, 0.15) is 0 Å². The molecular formula is C10H9BrN4S. The molecule has 2 aromatic rings. The first-order valence-electron chi connectivity index (χ1n) is 4.47. The van der Waals surface area contributed by atoms with E-state index in [4.69, 9.17) is 11.5 Å². The number of nitrogens with two attached hydrogens (primary N) is 2. The van der Waals surface area contributed by atoms with E-state index >= 15 is 0 Å². The van der Waals surface area contributed by atoms with Gasteiger partial charge in [0.25, 0.3) is 0 Å². The minimum atomic E-state index is 0.189. The lowest BCUT2D eigenvalue weighted by molar-refractivity contribution is 1.07. The molecule has 0 aliphatic heterocycles. The average molecular weight is 297 g/mol. The van der Waals surface area contributed by atoms with Crippen LogP contribution >= 0.6 is 27.7 Å². The summed E-state index contributed by atoms with van der Waals surface area (Å²) in [6, 6.07) is 9.57. The molecule has 0 saturated heterocycles. The van der Waals surface area contributed by atoms with E-state index in [0.717, 1.165) is 14.4 Å². The molecule has 2 rings (SSSR count). The van der Waals surface area contributed by atoms with Crippen LogP contribution in [0, 0.1) is 0 Å². The van der Waals surface area contributed by atoms with Crippen LogP contribution in [0.4, 0.5) is 11.8 Å². The Morgan fingerprint density at radius 3 is 2.56 bits per heavy atom. The average Bonchev–Trinajstić information content (AvgIpc) is 2.20. The molecule has 1 heterocycles. The fourth-order valence-electron chi connectivity index (χ4n) is 1.15. The summed E-state index contributed by atoms with van der Waals surface area (Å²) in [6.45, 7) is 0. The highest BCUT2D eigenvalue weighted by Crippen LogP contribution is 2.32. The molecule has 6 heteroatoms. The summed E-state index contributed by atoms with van der Waals surface area (Å²) in [5, 5.41) is 0.733. The summed E-state index contributed by atoms with van der Waals surface area (Å²) in [6.07, 6.45) is 0. The van der Waals surface area contributed by atoms with E-state index in [-0.39, 0.29) is 5.95 Å². The molecule has 0 atom stereocenters. The molecule has 82 valence electrons. The molecule has 0 aliphatic rings. The lowest BCUT2D eigenvalue weighted by Gasteiger charge is -2.04. The normalized spacial score (nSPS) is 10.3. The molecule has 4 N–H and O–H groups in total. The zero-order valence-corrected chi connectivity index (χ0v) is 10.6. The first-order valence-corrected chi connectivity index (χ1v) is 6.08. The standard InChI is InChI=1S/C10H9BrN4S/c11-6-3-1-2-4-7(6)16-9-5-8(12)14-10(13)15-9/h1-5H,(H4,12,13,14,15). The second-order valence-corrected chi connectivity index (χ2v) is 4.94. The third-order valence-corrected chi connectivity index (χ3v) is 3.74. The molecule has 0 radical (unpaired) electrons. The van der Waals surface area contributed by atoms with Gasteiger partial charge in [0.2, 0.25) is 5.95 Å². The highest BCUT2D eigenvalue weighted by atomic mass is 79.9. The minimum absolute atomic E-state index is 0.189. The molecule has 1 aromatic heterocycles. The number of halogens is 1. The van der Waals surface area contributed by atoms with Crippen LogP contribution < -0.4 is 11.5 Å². The molecule has 0 aliphatic carbocycles. The van der Waals surface area contributed by atoms with Crippen molar-refractivity contribution in [3.05, 3.63) is 34.8 Å². The molecule has 0 spiro atoms. The fraction of sp³-hybridized carbons (Fsp3) is 0. The summed E-state index contributed by atoms with van der Waals surface area (Å²) < 4.78 is 1.01. The maximum atomic E-state index is 5.59. The third kappa shape index (κ3) is 2.65. The van der Waals surface area contributed by atoms with E-state index in [1.54, 1.807) is 6.07 Å². The number of rotatable bonds is 2. The van der Waals surface area contributed by atoms with Gasteiger partial charge >= 0.3 is 0 Å². The van der Waals surface area contributed by atoms with Gasteiger partial charge in [-0.25, -0.2) is 4.98 Å². The second kappa shape index (κ2) is 4.71. The van der Waals surface area contributed by atoms with Crippen molar-refractivity contribution < 1.29 is 0 Å². The number of nitrogen functional groups attached to an aromatic ring is 2. The molecule has 0 saturated carbocycles. The Morgan fingerprint density at radius 2 is 1.88 bits per heavy atom. The predicted octanol–water partition coefficient (Wildman–Crippen LogP) is 2.55. The van der Waals surface area contributed by atoms with Gasteiger partial charge < -0.3 is 11.5 Å². The van der Waals surface area contributed by atoms with Gasteiger partial charge in [-0.05, 0) is 28.1 Å². The summed E-state index contributed by atoms with van der Waals surface area (Å²) in [5.41, 5.74) is 11.1. The molecule has 0 fully saturated rings.